The molecule has 1 atom stereocenters. The van der Waals surface area contributed by atoms with Gasteiger partial charge < -0.3 is 25.5 Å². The van der Waals surface area contributed by atoms with E-state index in [0.29, 0.717) is 19.5 Å². The summed E-state index contributed by atoms with van der Waals surface area (Å²) in [6.45, 7) is 6.29. The molecular weight excluding hydrogens is 260 g/mol. The molecule has 0 spiro atoms. The SMILES string of the molecule is O=C(O)[C@H]1CCCN1C(=O)NCCCN1CCNCC1. The quantitative estimate of drug-likeness (QED) is 0.595. The molecule has 0 aromatic heterocycles. The van der Waals surface area contributed by atoms with Crippen LogP contribution < -0.4 is 10.6 Å². The van der Waals surface area contributed by atoms with Crippen molar-refractivity contribution in [2.75, 3.05) is 45.8 Å². The lowest BCUT2D eigenvalue weighted by Gasteiger charge is -2.27. The van der Waals surface area contributed by atoms with Crippen LogP contribution in [0.4, 0.5) is 4.79 Å². The second kappa shape index (κ2) is 7.44. The van der Waals surface area contributed by atoms with E-state index in [9.17, 15) is 9.59 Å². The van der Waals surface area contributed by atoms with Crippen LogP contribution in [0.1, 0.15) is 19.3 Å². The van der Waals surface area contributed by atoms with Gasteiger partial charge in [0, 0.05) is 39.3 Å². The van der Waals surface area contributed by atoms with Crippen molar-refractivity contribution in [3.63, 3.8) is 0 Å². The summed E-state index contributed by atoms with van der Waals surface area (Å²) in [6, 6.07) is -0.890. The third-order valence-electron chi connectivity index (χ3n) is 3.94. The standard InChI is InChI=1S/C13H24N4O3/c18-12(19)11-3-1-8-17(11)13(20)15-4-2-7-16-9-5-14-6-10-16/h11,14H,1-10H2,(H,15,20)(H,18,19)/t11-/m1/s1. The van der Waals surface area contributed by atoms with E-state index in [1.54, 1.807) is 0 Å². The molecule has 2 fully saturated rings. The minimum atomic E-state index is -0.904. The highest BCUT2D eigenvalue weighted by Gasteiger charge is 2.33. The number of hydrogen-bond acceptors (Lipinski definition) is 4. The predicted molar refractivity (Wildman–Crippen MR) is 74.7 cm³/mol. The number of hydrogen-bond donors (Lipinski definition) is 3. The van der Waals surface area contributed by atoms with E-state index < -0.39 is 12.0 Å². The summed E-state index contributed by atoms with van der Waals surface area (Å²) in [5.41, 5.74) is 0. The Morgan fingerprint density at radius 3 is 2.70 bits per heavy atom. The number of carbonyl (C=O) groups excluding carboxylic acids is 1. The summed E-state index contributed by atoms with van der Waals surface area (Å²) in [5.74, 6) is -0.904. The Kier molecular flexibility index (Phi) is 5.60. The number of rotatable bonds is 5. The van der Waals surface area contributed by atoms with Crippen molar-refractivity contribution >= 4 is 12.0 Å². The van der Waals surface area contributed by atoms with Crippen LogP contribution in [-0.4, -0.2) is 78.8 Å². The first-order chi connectivity index (χ1) is 9.68. The lowest BCUT2D eigenvalue weighted by Crippen LogP contribution is -2.47. The summed E-state index contributed by atoms with van der Waals surface area (Å²) < 4.78 is 0. The summed E-state index contributed by atoms with van der Waals surface area (Å²) in [4.78, 5) is 26.8. The summed E-state index contributed by atoms with van der Waals surface area (Å²) in [7, 11) is 0. The fraction of sp³-hybridized carbons (Fsp3) is 0.846. The van der Waals surface area contributed by atoms with Gasteiger partial charge in [-0.3, -0.25) is 0 Å². The highest BCUT2D eigenvalue weighted by molar-refractivity contribution is 5.83. The van der Waals surface area contributed by atoms with Gasteiger partial charge in [0.1, 0.15) is 6.04 Å². The molecule has 0 aromatic carbocycles. The molecule has 0 unspecified atom stereocenters. The molecule has 2 rings (SSSR count). The molecule has 20 heavy (non-hydrogen) atoms. The first-order valence-corrected chi connectivity index (χ1v) is 7.39. The summed E-state index contributed by atoms with van der Waals surface area (Å²) in [5, 5.41) is 15.2. The van der Waals surface area contributed by atoms with Gasteiger partial charge in [-0.25, -0.2) is 9.59 Å². The molecule has 0 bridgehead atoms. The maximum atomic E-state index is 11.9. The van der Waals surface area contributed by atoms with Gasteiger partial charge >= 0.3 is 12.0 Å². The second-order valence-corrected chi connectivity index (χ2v) is 5.37. The van der Waals surface area contributed by atoms with E-state index in [-0.39, 0.29) is 6.03 Å². The van der Waals surface area contributed by atoms with Crippen LogP contribution >= 0.6 is 0 Å². The van der Waals surface area contributed by atoms with E-state index in [4.69, 9.17) is 5.11 Å². The first-order valence-electron chi connectivity index (χ1n) is 7.39. The van der Waals surface area contributed by atoms with E-state index in [2.05, 4.69) is 15.5 Å². The number of carboxylic acids is 1. The Bertz CT molecular complexity index is 345. The zero-order chi connectivity index (χ0) is 14.4. The van der Waals surface area contributed by atoms with Crippen molar-refractivity contribution in [2.24, 2.45) is 0 Å². The van der Waals surface area contributed by atoms with Crippen molar-refractivity contribution in [1.82, 2.24) is 20.4 Å². The largest absolute Gasteiger partial charge is 0.480 e. The fourth-order valence-electron chi connectivity index (χ4n) is 2.80. The van der Waals surface area contributed by atoms with E-state index in [1.807, 2.05) is 0 Å². The minimum Gasteiger partial charge on any atom is -0.480 e. The van der Waals surface area contributed by atoms with Gasteiger partial charge in [0.25, 0.3) is 0 Å². The summed E-state index contributed by atoms with van der Waals surface area (Å²) >= 11 is 0. The van der Waals surface area contributed by atoms with Crippen LogP contribution in [0.15, 0.2) is 0 Å². The Labute approximate surface area is 119 Å². The summed E-state index contributed by atoms with van der Waals surface area (Å²) in [6.07, 6.45) is 2.23. The van der Waals surface area contributed by atoms with E-state index in [1.165, 1.54) is 4.90 Å². The molecule has 2 aliphatic rings. The van der Waals surface area contributed by atoms with Crippen molar-refractivity contribution in [2.45, 2.75) is 25.3 Å². The Morgan fingerprint density at radius 2 is 2.00 bits per heavy atom. The Balaban J connectivity index is 1.63. The topological polar surface area (TPSA) is 84.9 Å². The number of carbonyl (C=O) groups is 2. The van der Waals surface area contributed by atoms with Crippen LogP contribution in [-0.2, 0) is 4.79 Å². The molecule has 0 saturated carbocycles. The molecule has 2 amide bonds. The van der Waals surface area contributed by atoms with E-state index >= 15 is 0 Å². The van der Waals surface area contributed by atoms with Crippen LogP contribution in [0, 0.1) is 0 Å². The van der Waals surface area contributed by atoms with Crippen molar-refractivity contribution in [3.05, 3.63) is 0 Å². The van der Waals surface area contributed by atoms with Crippen LogP contribution in [0.25, 0.3) is 0 Å². The monoisotopic (exact) mass is 284 g/mol. The molecule has 7 nitrogen and oxygen atoms in total. The average Bonchev–Trinajstić information content (AvgIpc) is 2.94. The molecule has 0 aromatic rings. The number of aliphatic carboxylic acids is 1. The molecular formula is C13H24N4O3. The van der Waals surface area contributed by atoms with Crippen molar-refractivity contribution < 1.29 is 14.7 Å². The first kappa shape index (κ1) is 15.1. The van der Waals surface area contributed by atoms with Crippen LogP contribution in [0.5, 0.6) is 0 Å². The maximum absolute atomic E-state index is 11.9. The van der Waals surface area contributed by atoms with Gasteiger partial charge in [-0.2, -0.15) is 0 Å². The molecule has 2 saturated heterocycles. The number of carboxylic acid groups (broad SMARTS) is 1. The second-order valence-electron chi connectivity index (χ2n) is 5.37. The van der Waals surface area contributed by atoms with Gasteiger partial charge in [-0.05, 0) is 25.8 Å². The fourth-order valence-corrected chi connectivity index (χ4v) is 2.80. The number of nitrogens with zero attached hydrogens (tertiary/aromatic N) is 2. The number of amides is 2. The van der Waals surface area contributed by atoms with Crippen molar-refractivity contribution in [3.8, 4) is 0 Å². The molecule has 114 valence electrons. The molecule has 2 heterocycles. The third kappa shape index (κ3) is 4.08. The number of piperazine rings is 1. The molecule has 3 N–H and O–H groups in total. The zero-order valence-electron chi connectivity index (χ0n) is 11.8. The lowest BCUT2D eigenvalue weighted by atomic mass is 10.2. The Hall–Kier alpha value is -1.34. The lowest BCUT2D eigenvalue weighted by molar-refractivity contribution is -0.141. The molecule has 7 heteroatoms. The predicted octanol–water partition coefficient (Wildman–Crippen LogP) is -0.460. The molecule has 0 aliphatic carbocycles. The van der Waals surface area contributed by atoms with Gasteiger partial charge in [-0.15, -0.1) is 0 Å². The number of urea groups is 1. The number of nitrogens with one attached hydrogen (secondary N) is 2. The van der Waals surface area contributed by atoms with Gasteiger partial charge in [0.15, 0.2) is 0 Å². The highest BCUT2D eigenvalue weighted by Crippen LogP contribution is 2.17. The van der Waals surface area contributed by atoms with E-state index in [0.717, 1.165) is 45.6 Å². The average molecular weight is 284 g/mol. The maximum Gasteiger partial charge on any atom is 0.326 e. The van der Waals surface area contributed by atoms with Gasteiger partial charge in [0.2, 0.25) is 0 Å². The smallest absolute Gasteiger partial charge is 0.326 e. The van der Waals surface area contributed by atoms with Crippen LogP contribution in [0.3, 0.4) is 0 Å². The highest BCUT2D eigenvalue weighted by atomic mass is 16.4. The molecule has 2 aliphatic heterocycles. The normalized spacial score (nSPS) is 23.8. The zero-order valence-corrected chi connectivity index (χ0v) is 11.8. The molecule has 0 radical (unpaired) electrons. The van der Waals surface area contributed by atoms with Gasteiger partial charge in [-0.1, -0.05) is 0 Å². The minimum absolute atomic E-state index is 0.241. The van der Waals surface area contributed by atoms with Crippen molar-refractivity contribution in [1.29, 1.82) is 0 Å². The number of likely N-dealkylation sites (tertiary alicyclic amines) is 1. The Morgan fingerprint density at radius 1 is 1.25 bits per heavy atom. The van der Waals surface area contributed by atoms with Crippen LogP contribution in [0.2, 0.25) is 0 Å². The third-order valence-corrected chi connectivity index (χ3v) is 3.94. The van der Waals surface area contributed by atoms with Gasteiger partial charge in [0.05, 0.1) is 0 Å².